The summed E-state index contributed by atoms with van der Waals surface area (Å²) in [5.74, 6) is -0.420. The third kappa shape index (κ3) is 4.75. The molecular formula is C30H25N3O2. The maximum absolute atomic E-state index is 13.6. The van der Waals surface area contributed by atoms with Gasteiger partial charge in [-0.05, 0) is 41.8 Å². The minimum Gasteiger partial charge on any atom is -0.341 e. The smallest absolute Gasteiger partial charge is 0.265 e. The number of pyridine rings is 2. The third-order valence-corrected chi connectivity index (χ3v) is 6.10. The van der Waals surface area contributed by atoms with Gasteiger partial charge < -0.3 is 5.32 Å². The van der Waals surface area contributed by atoms with Gasteiger partial charge in [-0.15, -0.1) is 0 Å². The quantitative estimate of drug-likeness (QED) is 0.376. The van der Waals surface area contributed by atoms with Crippen LogP contribution in [0.25, 0.3) is 11.0 Å². The fourth-order valence-electron chi connectivity index (χ4n) is 4.25. The van der Waals surface area contributed by atoms with Crippen LogP contribution in [0.4, 0.5) is 0 Å². The Morgan fingerprint density at radius 1 is 0.857 bits per heavy atom. The average Bonchev–Trinajstić information content (AvgIpc) is 2.90. The van der Waals surface area contributed by atoms with Crippen molar-refractivity contribution in [2.24, 2.45) is 0 Å². The highest BCUT2D eigenvalue weighted by Crippen LogP contribution is 2.22. The molecule has 35 heavy (non-hydrogen) atoms. The van der Waals surface area contributed by atoms with E-state index in [2.05, 4.69) is 10.3 Å². The molecule has 172 valence electrons. The van der Waals surface area contributed by atoms with E-state index in [1.807, 2.05) is 97.9 Å². The number of nitrogens with zero attached hydrogens (tertiary/aromatic N) is 2. The molecule has 0 aliphatic heterocycles. The van der Waals surface area contributed by atoms with E-state index in [9.17, 15) is 9.59 Å². The highest BCUT2D eigenvalue weighted by molar-refractivity contribution is 5.97. The Morgan fingerprint density at radius 2 is 1.49 bits per heavy atom. The first-order valence-corrected chi connectivity index (χ1v) is 11.5. The largest absolute Gasteiger partial charge is 0.341 e. The van der Waals surface area contributed by atoms with Crippen LogP contribution in [0, 0.1) is 6.92 Å². The zero-order valence-corrected chi connectivity index (χ0v) is 19.4. The molecule has 0 atom stereocenters. The van der Waals surface area contributed by atoms with Crippen LogP contribution in [0.1, 0.15) is 38.7 Å². The number of nitrogens with one attached hydrogen (secondary N) is 1. The van der Waals surface area contributed by atoms with Gasteiger partial charge in [0.15, 0.2) is 0 Å². The first-order valence-electron chi connectivity index (χ1n) is 11.5. The Morgan fingerprint density at radius 3 is 2.11 bits per heavy atom. The van der Waals surface area contributed by atoms with E-state index < -0.39 is 5.91 Å². The Hall–Kier alpha value is -4.51. The number of benzene rings is 3. The molecule has 0 saturated heterocycles. The Balaban J connectivity index is 1.57. The molecule has 5 rings (SSSR count). The molecule has 5 nitrogen and oxygen atoms in total. The summed E-state index contributed by atoms with van der Waals surface area (Å²) in [4.78, 5) is 31.6. The van der Waals surface area contributed by atoms with Gasteiger partial charge in [0.1, 0.15) is 11.2 Å². The van der Waals surface area contributed by atoms with Crippen LogP contribution in [-0.2, 0) is 6.54 Å². The summed E-state index contributed by atoms with van der Waals surface area (Å²) in [7, 11) is 0. The lowest BCUT2D eigenvalue weighted by atomic mass is 9.98. The molecule has 1 amide bonds. The predicted molar refractivity (Wildman–Crippen MR) is 138 cm³/mol. The van der Waals surface area contributed by atoms with Crippen molar-refractivity contribution in [1.29, 1.82) is 0 Å². The van der Waals surface area contributed by atoms with Crippen LogP contribution in [0.5, 0.6) is 0 Å². The van der Waals surface area contributed by atoms with Crippen molar-refractivity contribution in [2.75, 3.05) is 0 Å². The number of carbonyl (C=O) groups excluding carboxylic acids is 1. The van der Waals surface area contributed by atoms with Crippen LogP contribution in [0.15, 0.2) is 114 Å². The molecule has 0 aliphatic carbocycles. The number of hydrogen-bond acceptors (Lipinski definition) is 3. The number of carbonyl (C=O) groups is 1. The van der Waals surface area contributed by atoms with E-state index in [0.717, 1.165) is 27.6 Å². The fraction of sp³-hybridized carbons (Fsp3) is 0.100. The minimum absolute atomic E-state index is 0.0921. The minimum atomic E-state index is -0.420. The molecule has 0 saturated carbocycles. The van der Waals surface area contributed by atoms with Crippen LogP contribution in [0.2, 0.25) is 0 Å². The van der Waals surface area contributed by atoms with Gasteiger partial charge in [-0.1, -0.05) is 90.5 Å². The number of amides is 1. The SMILES string of the molecule is Cc1ccc(Cn2c(=O)c(C(=O)NC(c3ccccc3)c3ccccc3)cc3cccnc32)cc1. The molecule has 0 aliphatic rings. The normalized spacial score (nSPS) is 11.0. The molecule has 2 heterocycles. The molecule has 0 bridgehead atoms. The summed E-state index contributed by atoms with van der Waals surface area (Å²) in [6.45, 7) is 2.35. The summed E-state index contributed by atoms with van der Waals surface area (Å²) >= 11 is 0. The van der Waals surface area contributed by atoms with Gasteiger partial charge >= 0.3 is 0 Å². The van der Waals surface area contributed by atoms with E-state index in [4.69, 9.17) is 0 Å². The lowest BCUT2D eigenvalue weighted by Crippen LogP contribution is -2.36. The maximum Gasteiger partial charge on any atom is 0.265 e. The van der Waals surface area contributed by atoms with Crippen molar-refractivity contribution in [3.05, 3.63) is 147 Å². The van der Waals surface area contributed by atoms with Crippen molar-refractivity contribution in [1.82, 2.24) is 14.9 Å². The number of rotatable bonds is 6. The Kier molecular flexibility index (Phi) is 6.22. The molecule has 0 spiro atoms. The molecule has 3 aromatic carbocycles. The van der Waals surface area contributed by atoms with Crippen LogP contribution in [-0.4, -0.2) is 15.5 Å². The summed E-state index contributed by atoms with van der Waals surface area (Å²) in [5, 5.41) is 3.83. The van der Waals surface area contributed by atoms with E-state index >= 15 is 0 Å². The first-order chi connectivity index (χ1) is 17.1. The van der Waals surface area contributed by atoms with Gasteiger partial charge in [0, 0.05) is 11.6 Å². The molecule has 0 fully saturated rings. The van der Waals surface area contributed by atoms with Crippen molar-refractivity contribution in [2.45, 2.75) is 19.5 Å². The third-order valence-electron chi connectivity index (χ3n) is 6.10. The van der Waals surface area contributed by atoms with Gasteiger partial charge in [-0.3, -0.25) is 14.2 Å². The number of fused-ring (bicyclic) bond motifs is 1. The standard InChI is InChI=1S/C30H25N3O2/c1-21-14-16-22(17-15-21)20-33-28-25(13-8-18-31-28)19-26(30(33)35)29(34)32-27(23-9-4-2-5-10-23)24-11-6-3-7-12-24/h2-19,27H,20H2,1H3,(H,32,34). The van der Waals surface area contributed by atoms with Gasteiger partial charge in [0.05, 0.1) is 12.6 Å². The lowest BCUT2D eigenvalue weighted by Gasteiger charge is -2.20. The van der Waals surface area contributed by atoms with Gasteiger partial charge in [-0.25, -0.2) is 4.98 Å². The molecule has 5 heteroatoms. The van der Waals surface area contributed by atoms with Crippen molar-refractivity contribution in [3.63, 3.8) is 0 Å². The topological polar surface area (TPSA) is 64.0 Å². The van der Waals surface area contributed by atoms with E-state index in [1.165, 1.54) is 0 Å². The predicted octanol–water partition coefficient (Wildman–Crippen LogP) is 5.27. The van der Waals surface area contributed by atoms with Crippen LogP contribution < -0.4 is 10.9 Å². The second kappa shape index (κ2) is 9.77. The Labute approximate surface area is 203 Å². The van der Waals surface area contributed by atoms with Gasteiger partial charge in [0.2, 0.25) is 0 Å². The molecule has 2 aromatic heterocycles. The van der Waals surface area contributed by atoms with Crippen molar-refractivity contribution >= 4 is 16.9 Å². The molecule has 0 unspecified atom stereocenters. The fourth-order valence-corrected chi connectivity index (χ4v) is 4.25. The lowest BCUT2D eigenvalue weighted by molar-refractivity contribution is 0.0941. The van der Waals surface area contributed by atoms with Gasteiger partial charge in [-0.2, -0.15) is 0 Å². The van der Waals surface area contributed by atoms with Crippen molar-refractivity contribution in [3.8, 4) is 0 Å². The van der Waals surface area contributed by atoms with E-state index in [0.29, 0.717) is 12.2 Å². The van der Waals surface area contributed by atoms with Gasteiger partial charge in [0.25, 0.3) is 11.5 Å². The number of hydrogen-bond donors (Lipinski definition) is 1. The summed E-state index contributed by atoms with van der Waals surface area (Å²) in [5.41, 5.74) is 4.27. The first kappa shape index (κ1) is 22.3. The number of aryl methyl sites for hydroxylation is 1. The average molecular weight is 460 g/mol. The highest BCUT2D eigenvalue weighted by atomic mass is 16.2. The zero-order chi connectivity index (χ0) is 24.2. The Bertz CT molecular complexity index is 1490. The van der Waals surface area contributed by atoms with Crippen molar-refractivity contribution < 1.29 is 4.79 Å². The summed E-state index contributed by atoms with van der Waals surface area (Å²) in [6.07, 6.45) is 1.66. The molecular weight excluding hydrogens is 434 g/mol. The second-order valence-electron chi connectivity index (χ2n) is 8.58. The van der Waals surface area contributed by atoms with Crippen LogP contribution >= 0.6 is 0 Å². The van der Waals surface area contributed by atoms with E-state index in [1.54, 1.807) is 22.9 Å². The highest BCUT2D eigenvalue weighted by Gasteiger charge is 2.21. The van der Waals surface area contributed by atoms with Crippen LogP contribution in [0.3, 0.4) is 0 Å². The molecule has 1 N–H and O–H groups in total. The summed E-state index contributed by atoms with van der Waals surface area (Å²) in [6, 6.07) is 32.4. The maximum atomic E-state index is 13.6. The van der Waals surface area contributed by atoms with E-state index in [-0.39, 0.29) is 17.2 Å². The number of aromatic nitrogens is 2. The zero-order valence-electron chi connectivity index (χ0n) is 19.4. The molecule has 0 radical (unpaired) electrons. The molecule has 5 aromatic rings. The monoisotopic (exact) mass is 459 g/mol. The summed E-state index contributed by atoms with van der Waals surface area (Å²) < 4.78 is 1.58. The second-order valence-corrected chi connectivity index (χ2v) is 8.58.